The van der Waals surface area contributed by atoms with Crippen molar-refractivity contribution in [1.82, 2.24) is 20.1 Å². The molecule has 6 nitrogen and oxygen atoms in total. The van der Waals surface area contributed by atoms with Crippen LogP contribution in [0.25, 0.3) is 44.5 Å². The summed E-state index contributed by atoms with van der Waals surface area (Å²) in [6.45, 7) is 1.83. The molecule has 3 heterocycles. The van der Waals surface area contributed by atoms with E-state index in [2.05, 4.69) is 20.1 Å². The third-order valence-corrected chi connectivity index (χ3v) is 4.68. The molecule has 2 aromatic carbocycles. The molecule has 0 saturated carbocycles. The number of aromatic nitrogens is 4. The maximum absolute atomic E-state index is 12.6. The number of nitrogens with one attached hydrogen (secondary N) is 2. The third kappa shape index (κ3) is 2.09. The highest BCUT2D eigenvalue weighted by molar-refractivity contribution is 6.10. The van der Waals surface area contributed by atoms with Crippen molar-refractivity contribution in [3.05, 3.63) is 70.8 Å². The number of nitrogens with zero attached hydrogens (tertiary/aromatic N) is 2. The lowest BCUT2D eigenvalue weighted by Crippen LogP contribution is -2.10. The summed E-state index contributed by atoms with van der Waals surface area (Å²) in [5.74, 6) is 0.516. The summed E-state index contributed by atoms with van der Waals surface area (Å²) >= 11 is 0. The molecule has 0 spiro atoms. The fourth-order valence-corrected chi connectivity index (χ4v) is 3.44. The summed E-state index contributed by atoms with van der Waals surface area (Å²) in [6.07, 6.45) is 1.30. The Bertz CT molecular complexity index is 1310. The topological polar surface area (TPSA) is 87.6 Å². The van der Waals surface area contributed by atoms with E-state index >= 15 is 0 Å². The van der Waals surface area contributed by atoms with Crippen LogP contribution in [-0.2, 0) is 0 Å². The molecule has 0 aliphatic heterocycles. The third-order valence-electron chi connectivity index (χ3n) is 4.68. The Morgan fingerprint density at radius 1 is 0.962 bits per heavy atom. The zero-order valence-electron chi connectivity index (χ0n) is 13.9. The number of rotatable bonds is 2. The van der Waals surface area contributed by atoms with Gasteiger partial charge >= 0.3 is 0 Å². The molecule has 0 fully saturated rings. The minimum absolute atomic E-state index is 0.0952. The van der Waals surface area contributed by atoms with Crippen molar-refractivity contribution >= 4 is 21.9 Å². The van der Waals surface area contributed by atoms with E-state index in [4.69, 9.17) is 4.52 Å². The molecule has 0 saturated heterocycles. The number of hydrogen-bond acceptors (Lipinski definition) is 4. The molecule has 0 atom stereocenters. The smallest absolute Gasteiger partial charge is 0.252 e. The summed E-state index contributed by atoms with van der Waals surface area (Å²) in [5, 5.41) is 4.89. The standard InChI is InChI=1S/C20H14N4O2/c1-11-16(12-5-4-6-13(9-12)19-21-10-26-24-19)18-17(23-20(11)25)14-7-2-3-8-15(14)22-18/h2-10,22H,1H3,(H,23,25). The summed E-state index contributed by atoms with van der Waals surface area (Å²) < 4.78 is 4.85. The summed E-state index contributed by atoms with van der Waals surface area (Å²) in [4.78, 5) is 23.1. The van der Waals surface area contributed by atoms with E-state index < -0.39 is 0 Å². The average molecular weight is 342 g/mol. The summed E-state index contributed by atoms with van der Waals surface area (Å²) in [7, 11) is 0. The first-order valence-electron chi connectivity index (χ1n) is 8.23. The quantitative estimate of drug-likeness (QED) is 0.507. The van der Waals surface area contributed by atoms with Gasteiger partial charge in [0.25, 0.3) is 5.56 Å². The first-order chi connectivity index (χ1) is 12.7. The molecular weight excluding hydrogens is 328 g/mol. The van der Waals surface area contributed by atoms with Gasteiger partial charge in [-0.05, 0) is 24.6 Å². The molecule has 0 amide bonds. The van der Waals surface area contributed by atoms with E-state index in [0.717, 1.165) is 38.6 Å². The zero-order chi connectivity index (χ0) is 17.7. The summed E-state index contributed by atoms with van der Waals surface area (Å²) in [6, 6.07) is 15.7. The molecule has 126 valence electrons. The van der Waals surface area contributed by atoms with Crippen molar-refractivity contribution in [3.63, 3.8) is 0 Å². The highest BCUT2D eigenvalue weighted by atomic mass is 16.5. The molecule has 6 heteroatoms. The van der Waals surface area contributed by atoms with Crippen LogP contribution < -0.4 is 5.56 Å². The van der Waals surface area contributed by atoms with Gasteiger partial charge in [0.05, 0.1) is 11.0 Å². The largest absolute Gasteiger partial charge is 0.353 e. The molecule has 0 unspecified atom stereocenters. The van der Waals surface area contributed by atoms with E-state index in [1.54, 1.807) is 0 Å². The normalized spacial score (nSPS) is 11.4. The van der Waals surface area contributed by atoms with Gasteiger partial charge in [0.2, 0.25) is 12.2 Å². The van der Waals surface area contributed by atoms with Gasteiger partial charge in [0.1, 0.15) is 0 Å². The van der Waals surface area contributed by atoms with Crippen molar-refractivity contribution in [1.29, 1.82) is 0 Å². The van der Waals surface area contributed by atoms with Gasteiger partial charge in [0.15, 0.2) is 0 Å². The molecule has 5 aromatic rings. The van der Waals surface area contributed by atoms with Crippen molar-refractivity contribution in [2.45, 2.75) is 6.92 Å². The van der Waals surface area contributed by atoms with Crippen molar-refractivity contribution < 1.29 is 4.52 Å². The van der Waals surface area contributed by atoms with Gasteiger partial charge in [-0.15, -0.1) is 0 Å². The van der Waals surface area contributed by atoms with E-state index in [-0.39, 0.29) is 5.56 Å². The molecule has 5 rings (SSSR count). The number of benzene rings is 2. The highest BCUT2D eigenvalue weighted by Crippen LogP contribution is 2.34. The highest BCUT2D eigenvalue weighted by Gasteiger charge is 2.16. The maximum atomic E-state index is 12.6. The van der Waals surface area contributed by atoms with Crippen LogP contribution in [0.2, 0.25) is 0 Å². The minimum atomic E-state index is -0.0952. The minimum Gasteiger partial charge on any atom is -0.353 e. The number of fused-ring (bicyclic) bond motifs is 3. The molecule has 0 aliphatic carbocycles. The SMILES string of the molecule is Cc1c(-c2cccc(-c3ncon3)c2)c2[nH]c3ccccc3c2[nH]c1=O. The van der Waals surface area contributed by atoms with Crippen LogP contribution in [0, 0.1) is 6.92 Å². The number of aromatic amines is 2. The van der Waals surface area contributed by atoms with Gasteiger partial charge in [0, 0.05) is 27.6 Å². The molecule has 2 N–H and O–H groups in total. The van der Waals surface area contributed by atoms with Crippen LogP contribution in [-0.4, -0.2) is 20.1 Å². The fourth-order valence-electron chi connectivity index (χ4n) is 3.44. The van der Waals surface area contributed by atoms with E-state index in [9.17, 15) is 4.79 Å². The Labute approximate surface area is 147 Å². The van der Waals surface area contributed by atoms with Gasteiger partial charge in [-0.3, -0.25) is 4.79 Å². The second-order valence-corrected chi connectivity index (χ2v) is 6.21. The molecule has 26 heavy (non-hydrogen) atoms. The molecule has 0 bridgehead atoms. The van der Waals surface area contributed by atoms with Crippen LogP contribution in [0.1, 0.15) is 5.56 Å². The van der Waals surface area contributed by atoms with E-state index in [1.807, 2.05) is 55.5 Å². The monoisotopic (exact) mass is 342 g/mol. The molecule has 0 radical (unpaired) electrons. The van der Waals surface area contributed by atoms with Gasteiger partial charge in [-0.2, -0.15) is 4.98 Å². The van der Waals surface area contributed by atoms with Crippen LogP contribution in [0.5, 0.6) is 0 Å². The predicted molar refractivity (Wildman–Crippen MR) is 99.9 cm³/mol. The number of para-hydroxylation sites is 1. The maximum Gasteiger partial charge on any atom is 0.252 e. The molecular formula is C20H14N4O2. The first-order valence-corrected chi connectivity index (χ1v) is 8.23. The van der Waals surface area contributed by atoms with E-state index in [0.29, 0.717) is 11.4 Å². The average Bonchev–Trinajstić information content (AvgIpc) is 3.31. The Hall–Kier alpha value is -3.67. The lowest BCUT2D eigenvalue weighted by molar-refractivity contribution is 0.419. The number of pyridine rings is 1. The first kappa shape index (κ1) is 14.7. The molecule has 3 aromatic heterocycles. The predicted octanol–water partition coefficient (Wildman–Crippen LogP) is 4.03. The van der Waals surface area contributed by atoms with Crippen LogP contribution in [0.3, 0.4) is 0 Å². The Kier molecular flexibility index (Phi) is 3.05. The second kappa shape index (κ2) is 5.42. The Morgan fingerprint density at radius 2 is 1.81 bits per heavy atom. The number of H-pyrrole nitrogens is 2. The Balaban J connectivity index is 1.86. The van der Waals surface area contributed by atoms with E-state index in [1.165, 1.54) is 6.39 Å². The van der Waals surface area contributed by atoms with Gasteiger partial charge in [-0.1, -0.05) is 41.6 Å². The summed E-state index contributed by atoms with van der Waals surface area (Å²) in [5.41, 5.74) is 5.92. The molecule has 0 aliphatic rings. The van der Waals surface area contributed by atoms with Gasteiger partial charge in [-0.25, -0.2) is 0 Å². The van der Waals surface area contributed by atoms with Crippen LogP contribution in [0.15, 0.2) is 64.2 Å². The van der Waals surface area contributed by atoms with Gasteiger partial charge < -0.3 is 14.5 Å². The second-order valence-electron chi connectivity index (χ2n) is 6.21. The Morgan fingerprint density at radius 3 is 2.65 bits per heavy atom. The van der Waals surface area contributed by atoms with Crippen molar-refractivity contribution in [3.8, 4) is 22.5 Å². The number of hydrogen-bond donors (Lipinski definition) is 2. The fraction of sp³-hybridized carbons (Fsp3) is 0.0500. The lowest BCUT2D eigenvalue weighted by Gasteiger charge is -2.08. The zero-order valence-corrected chi connectivity index (χ0v) is 13.9. The van der Waals surface area contributed by atoms with Crippen LogP contribution >= 0.6 is 0 Å². The lowest BCUT2D eigenvalue weighted by atomic mass is 9.98. The van der Waals surface area contributed by atoms with Crippen molar-refractivity contribution in [2.24, 2.45) is 0 Å². The van der Waals surface area contributed by atoms with Crippen LogP contribution in [0.4, 0.5) is 0 Å². The van der Waals surface area contributed by atoms with Crippen molar-refractivity contribution in [2.75, 3.05) is 0 Å².